The van der Waals surface area contributed by atoms with E-state index in [1.807, 2.05) is 25.1 Å². The number of aliphatic imine (C=N–C) groups is 1. The van der Waals surface area contributed by atoms with Crippen molar-refractivity contribution in [2.75, 3.05) is 0 Å². The molecule has 0 aliphatic carbocycles. The second-order valence-electron chi connectivity index (χ2n) is 5.22. The predicted molar refractivity (Wildman–Crippen MR) is 89.5 cm³/mol. The van der Waals surface area contributed by atoms with E-state index < -0.39 is 0 Å². The van der Waals surface area contributed by atoms with Crippen molar-refractivity contribution in [1.29, 1.82) is 0 Å². The molecule has 2 aromatic rings. The Balaban J connectivity index is 2.10. The lowest BCUT2D eigenvalue weighted by Crippen LogP contribution is -2.11. The molecular formula is C14H14BN3O2S. The van der Waals surface area contributed by atoms with Gasteiger partial charge in [0.05, 0.1) is 37.9 Å². The van der Waals surface area contributed by atoms with Gasteiger partial charge in [-0.15, -0.1) is 0 Å². The number of rotatable bonds is 2. The van der Waals surface area contributed by atoms with Crippen LogP contribution >= 0.6 is 11.8 Å². The van der Waals surface area contributed by atoms with Crippen LogP contribution in [0.4, 0.5) is 5.69 Å². The molecule has 0 bridgehead atoms. The van der Waals surface area contributed by atoms with Crippen molar-refractivity contribution in [3.05, 3.63) is 40.1 Å². The van der Waals surface area contributed by atoms with E-state index in [-0.39, 0.29) is 21.9 Å². The smallest absolute Gasteiger partial charge is 0.272 e. The van der Waals surface area contributed by atoms with E-state index in [0.717, 1.165) is 10.7 Å². The molecule has 0 spiro atoms. The molecule has 3 rings (SSSR count). The molecule has 1 aromatic carbocycles. The predicted octanol–water partition coefficient (Wildman–Crippen LogP) is 2.00. The van der Waals surface area contributed by atoms with Crippen molar-refractivity contribution in [1.82, 2.24) is 4.98 Å². The fraction of sp³-hybridized carbons (Fsp3) is 0.286. The fourth-order valence-corrected chi connectivity index (χ4v) is 3.79. The quantitative estimate of drug-likeness (QED) is 0.483. The topological polar surface area (TPSA) is 68.4 Å². The lowest BCUT2D eigenvalue weighted by Gasteiger charge is -2.13. The third-order valence-corrected chi connectivity index (χ3v) is 5.00. The van der Waals surface area contributed by atoms with Gasteiger partial charge in [-0.05, 0) is 37.5 Å². The number of aromatic nitrogens is 1. The maximum Gasteiger partial charge on any atom is 0.272 e. The van der Waals surface area contributed by atoms with Crippen molar-refractivity contribution in [3.63, 3.8) is 0 Å². The third kappa shape index (κ3) is 2.42. The normalized spacial score (nSPS) is 21.5. The van der Waals surface area contributed by atoms with Crippen LogP contribution in [0.25, 0.3) is 10.9 Å². The molecule has 2 unspecified atom stereocenters. The zero-order chi connectivity index (χ0) is 15.1. The van der Waals surface area contributed by atoms with Crippen LogP contribution in [0.15, 0.2) is 29.3 Å². The first-order valence-corrected chi connectivity index (χ1v) is 7.61. The van der Waals surface area contributed by atoms with Crippen LogP contribution in [0.1, 0.15) is 24.8 Å². The standard InChI is InChI=1S/C14H14BN3O2S/c1-7-14(21-8(2)16-7)12-5-3-9-11(17-12)6-4-10(15)13(9)18(19)20/h3-7,14H,15H2,1-2H3. The molecule has 1 aromatic heterocycles. The number of pyridine rings is 1. The summed E-state index contributed by atoms with van der Waals surface area (Å²) in [4.78, 5) is 20.0. The molecule has 0 amide bonds. The molecule has 5 nitrogen and oxygen atoms in total. The van der Waals surface area contributed by atoms with E-state index >= 15 is 0 Å². The minimum Gasteiger partial charge on any atom is -0.279 e. The van der Waals surface area contributed by atoms with E-state index in [0.29, 0.717) is 16.4 Å². The molecular weight excluding hydrogens is 285 g/mol. The largest absolute Gasteiger partial charge is 0.279 e. The lowest BCUT2D eigenvalue weighted by atomic mass is 9.92. The van der Waals surface area contributed by atoms with Gasteiger partial charge in [0.1, 0.15) is 7.85 Å². The second kappa shape index (κ2) is 5.14. The lowest BCUT2D eigenvalue weighted by molar-refractivity contribution is -0.381. The van der Waals surface area contributed by atoms with Gasteiger partial charge in [0.15, 0.2) is 0 Å². The maximum atomic E-state index is 11.2. The van der Waals surface area contributed by atoms with Gasteiger partial charge in [0, 0.05) is 0 Å². The van der Waals surface area contributed by atoms with Crippen LogP contribution in [0, 0.1) is 10.1 Å². The van der Waals surface area contributed by atoms with Crippen LogP contribution < -0.4 is 5.46 Å². The molecule has 0 saturated carbocycles. The minimum atomic E-state index is -0.334. The average Bonchev–Trinajstić information content (AvgIpc) is 2.76. The number of nitro groups is 1. The summed E-state index contributed by atoms with van der Waals surface area (Å²) in [5.74, 6) is 0. The maximum absolute atomic E-state index is 11.2. The summed E-state index contributed by atoms with van der Waals surface area (Å²) < 4.78 is 0. The summed E-state index contributed by atoms with van der Waals surface area (Å²) in [7, 11) is 1.75. The molecule has 0 saturated heterocycles. The summed E-state index contributed by atoms with van der Waals surface area (Å²) in [6, 6.07) is 7.48. The van der Waals surface area contributed by atoms with Crippen LogP contribution in [-0.2, 0) is 0 Å². The summed E-state index contributed by atoms with van der Waals surface area (Å²) in [5.41, 5.74) is 2.40. The molecule has 21 heavy (non-hydrogen) atoms. The molecule has 2 atom stereocenters. The Morgan fingerprint density at radius 3 is 2.71 bits per heavy atom. The second-order valence-corrected chi connectivity index (χ2v) is 6.55. The molecule has 106 valence electrons. The van der Waals surface area contributed by atoms with Crippen LogP contribution in [0.3, 0.4) is 0 Å². The Bertz CT molecular complexity index is 778. The molecule has 0 N–H and O–H groups in total. The Morgan fingerprint density at radius 1 is 1.33 bits per heavy atom. The van der Waals surface area contributed by atoms with Gasteiger partial charge in [-0.1, -0.05) is 17.8 Å². The first-order chi connectivity index (χ1) is 9.97. The zero-order valence-electron chi connectivity index (χ0n) is 12.0. The summed E-state index contributed by atoms with van der Waals surface area (Å²) >= 11 is 1.70. The zero-order valence-corrected chi connectivity index (χ0v) is 12.8. The summed E-state index contributed by atoms with van der Waals surface area (Å²) in [6.07, 6.45) is 0. The molecule has 1 aliphatic heterocycles. The first kappa shape index (κ1) is 14.1. The molecule has 2 heterocycles. The molecule has 7 heteroatoms. The van der Waals surface area contributed by atoms with Gasteiger partial charge < -0.3 is 0 Å². The first-order valence-electron chi connectivity index (χ1n) is 6.73. The van der Waals surface area contributed by atoms with Crippen molar-refractivity contribution < 1.29 is 4.92 Å². The number of thioether (sulfide) groups is 1. The van der Waals surface area contributed by atoms with Gasteiger partial charge >= 0.3 is 0 Å². The number of hydrogen-bond acceptors (Lipinski definition) is 5. The van der Waals surface area contributed by atoms with Crippen LogP contribution in [-0.4, -0.2) is 28.8 Å². The van der Waals surface area contributed by atoms with E-state index in [9.17, 15) is 10.1 Å². The van der Waals surface area contributed by atoms with Crippen molar-refractivity contribution >= 4 is 46.7 Å². The van der Waals surface area contributed by atoms with E-state index in [4.69, 9.17) is 0 Å². The van der Waals surface area contributed by atoms with Gasteiger partial charge in [-0.25, -0.2) is 0 Å². The Morgan fingerprint density at radius 2 is 2.10 bits per heavy atom. The minimum absolute atomic E-state index is 0.145. The molecule has 0 radical (unpaired) electrons. The number of nitrogens with zero attached hydrogens (tertiary/aromatic N) is 3. The summed E-state index contributed by atoms with van der Waals surface area (Å²) in [6.45, 7) is 4.06. The van der Waals surface area contributed by atoms with E-state index in [1.165, 1.54) is 0 Å². The highest BCUT2D eigenvalue weighted by Crippen LogP contribution is 2.39. The monoisotopic (exact) mass is 299 g/mol. The van der Waals surface area contributed by atoms with Crippen LogP contribution in [0.2, 0.25) is 0 Å². The Hall–Kier alpha value is -1.89. The molecule has 0 fully saturated rings. The fourth-order valence-electron chi connectivity index (χ4n) is 2.69. The average molecular weight is 299 g/mol. The van der Waals surface area contributed by atoms with Crippen LogP contribution in [0.5, 0.6) is 0 Å². The molecule has 1 aliphatic rings. The Labute approximate surface area is 127 Å². The van der Waals surface area contributed by atoms with Crippen molar-refractivity contribution in [3.8, 4) is 0 Å². The van der Waals surface area contributed by atoms with Gasteiger partial charge in [-0.3, -0.25) is 20.1 Å². The Kier molecular flexibility index (Phi) is 3.45. The van der Waals surface area contributed by atoms with Crippen molar-refractivity contribution in [2.24, 2.45) is 4.99 Å². The van der Waals surface area contributed by atoms with Gasteiger partial charge in [0.25, 0.3) is 5.69 Å². The van der Waals surface area contributed by atoms with Gasteiger partial charge in [-0.2, -0.15) is 0 Å². The number of hydrogen-bond donors (Lipinski definition) is 0. The number of fused-ring (bicyclic) bond motifs is 1. The highest BCUT2D eigenvalue weighted by molar-refractivity contribution is 8.14. The highest BCUT2D eigenvalue weighted by atomic mass is 32.2. The number of benzene rings is 1. The third-order valence-electron chi connectivity index (χ3n) is 3.66. The number of nitro benzene ring substituents is 1. The summed E-state index contributed by atoms with van der Waals surface area (Å²) in [5, 5.41) is 13.1. The van der Waals surface area contributed by atoms with Gasteiger partial charge in [0.2, 0.25) is 0 Å². The van der Waals surface area contributed by atoms with E-state index in [2.05, 4.69) is 16.9 Å². The SMILES string of the molecule is Bc1ccc2nc(C3SC(C)=NC3C)ccc2c1[N+](=O)[O-]. The van der Waals surface area contributed by atoms with E-state index in [1.54, 1.807) is 25.7 Å². The highest BCUT2D eigenvalue weighted by Gasteiger charge is 2.28. The van der Waals surface area contributed by atoms with Crippen molar-refractivity contribution in [2.45, 2.75) is 25.1 Å².